The number of fused-ring (bicyclic) bond motifs is 1. The van der Waals surface area contributed by atoms with Crippen LogP contribution in [0.1, 0.15) is 12.8 Å². The number of nitrogens with one attached hydrogen (secondary N) is 1. The highest BCUT2D eigenvalue weighted by Gasteiger charge is 2.13. The molecule has 1 heterocycles. The van der Waals surface area contributed by atoms with Gasteiger partial charge in [-0.25, -0.2) is 0 Å². The predicted octanol–water partition coefficient (Wildman–Crippen LogP) is 1.86. The molecule has 1 aliphatic rings. The summed E-state index contributed by atoms with van der Waals surface area (Å²) in [6.07, 6.45) is 1.52. The summed E-state index contributed by atoms with van der Waals surface area (Å²) in [7, 11) is 2.05. The van der Waals surface area contributed by atoms with Gasteiger partial charge in [0.05, 0.1) is 11.4 Å². The van der Waals surface area contributed by atoms with E-state index in [1.54, 1.807) is 0 Å². The average Bonchev–Trinajstić information content (AvgIpc) is 2.16. The van der Waals surface area contributed by atoms with Gasteiger partial charge in [-0.2, -0.15) is 0 Å². The van der Waals surface area contributed by atoms with Gasteiger partial charge in [0.15, 0.2) is 0 Å². The molecular weight excluding hydrogens is 176 g/mol. The molecule has 14 heavy (non-hydrogen) atoms. The molecule has 0 bridgehead atoms. The quantitative estimate of drug-likeness (QED) is 0.677. The minimum atomic E-state index is 0.116. The smallest absolute Gasteiger partial charge is 0.224 e. The van der Waals surface area contributed by atoms with Gasteiger partial charge in [0.2, 0.25) is 5.91 Å². The number of para-hydroxylation sites is 2. The second-order valence-electron chi connectivity index (χ2n) is 3.59. The Morgan fingerprint density at radius 1 is 1.36 bits per heavy atom. The van der Waals surface area contributed by atoms with Crippen molar-refractivity contribution in [2.75, 3.05) is 23.8 Å². The summed E-state index contributed by atoms with van der Waals surface area (Å²) in [4.78, 5) is 13.6. The van der Waals surface area contributed by atoms with E-state index >= 15 is 0 Å². The fraction of sp³-hybridized carbons (Fsp3) is 0.364. The molecule has 0 spiro atoms. The summed E-state index contributed by atoms with van der Waals surface area (Å²) in [6, 6.07) is 7.90. The normalized spacial score (nSPS) is 16.6. The van der Waals surface area contributed by atoms with Gasteiger partial charge in [0.25, 0.3) is 0 Å². The Bertz CT molecular complexity index is 349. The molecule has 74 valence electrons. The van der Waals surface area contributed by atoms with Gasteiger partial charge in [0.1, 0.15) is 0 Å². The largest absolute Gasteiger partial charge is 0.373 e. The number of anilines is 2. The van der Waals surface area contributed by atoms with Crippen molar-refractivity contribution in [3.8, 4) is 0 Å². The van der Waals surface area contributed by atoms with Crippen LogP contribution in [-0.2, 0) is 4.79 Å². The van der Waals surface area contributed by atoms with Crippen LogP contribution in [0, 0.1) is 0 Å². The molecule has 0 aliphatic carbocycles. The number of rotatable bonds is 0. The zero-order valence-corrected chi connectivity index (χ0v) is 8.29. The standard InChI is InChI=1S/C11H14N2O/c1-13-8-4-7-11(14)12-9-5-2-3-6-10(9)13/h2-3,5-6H,4,7-8H2,1H3,(H,12,14). The van der Waals surface area contributed by atoms with Crippen LogP contribution >= 0.6 is 0 Å². The Labute approximate surface area is 83.7 Å². The predicted molar refractivity (Wildman–Crippen MR) is 57.6 cm³/mol. The molecule has 1 amide bonds. The summed E-state index contributed by atoms with van der Waals surface area (Å²) in [5.74, 6) is 0.116. The summed E-state index contributed by atoms with van der Waals surface area (Å²) in [6.45, 7) is 0.935. The van der Waals surface area contributed by atoms with Crippen LogP contribution < -0.4 is 10.2 Å². The lowest BCUT2D eigenvalue weighted by Crippen LogP contribution is -2.25. The zero-order valence-electron chi connectivity index (χ0n) is 8.29. The van der Waals surface area contributed by atoms with Gasteiger partial charge in [-0.3, -0.25) is 4.79 Å². The number of nitrogens with zero attached hydrogens (tertiary/aromatic N) is 1. The van der Waals surface area contributed by atoms with Crippen molar-refractivity contribution in [1.82, 2.24) is 0 Å². The van der Waals surface area contributed by atoms with Crippen molar-refractivity contribution in [2.24, 2.45) is 0 Å². The van der Waals surface area contributed by atoms with Crippen molar-refractivity contribution < 1.29 is 4.79 Å². The molecule has 1 N–H and O–H groups in total. The number of hydrogen-bond acceptors (Lipinski definition) is 2. The number of carbonyl (C=O) groups is 1. The number of carbonyl (C=O) groups excluding carboxylic acids is 1. The van der Waals surface area contributed by atoms with Crippen LogP contribution in [0.5, 0.6) is 0 Å². The van der Waals surface area contributed by atoms with Crippen LogP contribution in [0.4, 0.5) is 11.4 Å². The minimum Gasteiger partial charge on any atom is -0.373 e. The van der Waals surface area contributed by atoms with E-state index in [9.17, 15) is 4.79 Å². The van der Waals surface area contributed by atoms with Crippen LogP contribution in [-0.4, -0.2) is 19.5 Å². The molecule has 0 saturated heterocycles. The Hall–Kier alpha value is -1.51. The topological polar surface area (TPSA) is 32.3 Å². The van der Waals surface area contributed by atoms with E-state index < -0.39 is 0 Å². The molecule has 1 aromatic rings. The third-order valence-corrected chi connectivity index (χ3v) is 2.49. The highest BCUT2D eigenvalue weighted by atomic mass is 16.1. The Kier molecular flexibility index (Phi) is 2.39. The van der Waals surface area contributed by atoms with E-state index in [2.05, 4.69) is 17.3 Å². The molecule has 1 aliphatic heterocycles. The molecule has 0 fully saturated rings. The first-order valence-electron chi connectivity index (χ1n) is 4.87. The average molecular weight is 190 g/mol. The Morgan fingerprint density at radius 3 is 3.00 bits per heavy atom. The number of amides is 1. The van der Waals surface area contributed by atoms with E-state index in [-0.39, 0.29) is 5.91 Å². The second-order valence-corrected chi connectivity index (χ2v) is 3.59. The van der Waals surface area contributed by atoms with Crippen molar-refractivity contribution in [3.63, 3.8) is 0 Å². The lowest BCUT2D eigenvalue weighted by Gasteiger charge is -2.24. The summed E-state index contributed by atoms with van der Waals surface area (Å²) in [5.41, 5.74) is 2.01. The maximum absolute atomic E-state index is 11.4. The van der Waals surface area contributed by atoms with Crippen molar-refractivity contribution >= 4 is 17.3 Å². The van der Waals surface area contributed by atoms with E-state index in [1.165, 1.54) is 0 Å². The Morgan fingerprint density at radius 2 is 2.14 bits per heavy atom. The molecule has 3 heteroatoms. The first-order chi connectivity index (χ1) is 6.77. The fourth-order valence-corrected chi connectivity index (χ4v) is 1.72. The van der Waals surface area contributed by atoms with Gasteiger partial charge < -0.3 is 10.2 Å². The summed E-state index contributed by atoms with van der Waals surface area (Å²) < 4.78 is 0. The van der Waals surface area contributed by atoms with E-state index in [1.807, 2.05) is 24.3 Å². The van der Waals surface area contributed by atoms with E-state index in [4.69, 9.17) is 0 Å². The second kappa shape index (κ2) is 3.70. The molecule has 3 nitrogen and oxygen atoms in total. The molecule has 2 rings (SSSR count). The van der Waals surface area contributed by atoms with Crippen molar-refractivity contribution in [3.05, 3.63) is 24.3 Å². The molecule has 0 saturated carbocycles. The first-order valence-corrected chi connectivity index (χ1v) is 4.87. The third kappa shape index (κ3) is 1.71. The van der Waals surface area contributed by atoms with Gasteiger partial charge in [-0.15, -0.1) is 0 Å². The lowest BCUT2D eigenvalue weighted by molar-refractivity contribution is -0.116. The van der Waals surface area contributed by atoms with Gasteiger partial charge >= 0.3 is 0 Å². The summed E-state index contributed by atoms with van der Waals surface area (Å²) in [5, 5.41) is 2.91. The highest BCUT2D eigenvalue weighted by Crippen LogP contribution is 2.26. The van der Waals surface area contributed by atoms with Gasteiger partial charge in [0, 0.05) is 20.0 Å². The highest BCUT2D eigenvalue weighted by molar-refractivity contribution is 5.94. The van der Waals surface area contributed by atoms with E-state index in [0.717, 1.165) is 24.3 Å². The molecular formula is C11H14N2O. The van der Waals surface area contributed by atoms with Crippen LogP contribution in [0.2, 0.25) is 0 Å². The van der Waals surface area contributed by atoms with E-state index in [0.29, 0.717) is 6.42 Å². The van der Waals surface area contributed by atoms with Crippen molar-refractivity contribution in [2.45, 2.75) is 12.8 Å². The van der Waals surface area contributed by atoms with Crippen LogP contribution in [0.3, 0.4) is 0 Å². The van der Waals surface area contributed by atoms with Crippen LogP contribution in [0.25, 0.3) is 0 Å². The molecule has 0 atom stereocenters. The molecule has 0 unspecified atom stereocenters. The maximum Gasteiger partial charge on any atom is 0.224 e. The van der Waals surface area contributed by atoms with Crippen molar-refractivity contribution in [1.29, 1.82) is 0 Å². The number of benzene rings is 1. The molecule has 1 aromatic carbocycles. The fourth-order valence-electron chi connectivity index (χ4n) is 1.72. The minimum absolute atomic E-state index is 0.116. The molecule has 0 aromatic heterocycles. The monoisotopic (exact) mass is 190 g/mol. The Balaban J connectivity index is 2.37. The molecule has 0 radical (unpaired) electrons. The van der Waals surface area contributed by atoms with Gasteiger partial charge in [-0.1, -0.05) is 12.1 Å². The summed E-state index contributed by atoms with van der Waals surface area (Å²) >= 11 is 0. The lowest BCUT2D eigenvalue weighted by atomic mass is 10.2. The third-order valence-electron chi connectivity index (χ3n) is 2.49. The SMILES string of the molecule is CN1CCCC(=O)Nc2ccccc21. The number of hydrogen-bond donors (Lipinski definition) is 1. The van der Waals surface area contributed by atoms with Gasteiger partial charge in [-0.05, 0) is 18.6 Å². The first kappa shape index (κ1) is 9.06. The zero-order chi connectivity index (χ0) is 9.97. The maximum atomic E-state index is 11.4. The van der Waals surface area contributed by atoms with Crippen LogP contribution in [0.15, 0.2) is 24.3 Å².